The van der Waals surface area contributed by atoms with Crippen molar-refractivity contribution in [3.05, 3.63) is 53.1 Å². The SMILES string of the molecule is CC(C)(C)c1cnc(C#N)c(C2=CCN(C(=O)O)CC2)c1-c1ccc(N)cc1F. The van der Waals surface area contributed by atoms with Gasteiger partial charge in [-0.3, -0.25) is 0 Å². The van der Waals surface area contributed by atoms with Crippen LogP contribution in [0.1, 0.15) is 44.0 Å². The predicted molar refractivity (Wildman–Crippen MR) is 110 cm³/mol. The molecule has 3 N–H and O–H groups in total. The maximum Gasteiger partial charge on any atom is 0.407 e. The minimum atomic E-state index is -0.993. The molecule has 29 heavy (non-hydrogen) atoms. The van der Waals surface area contributed by atoms with Crippen molar-refractivity contribution in [3.63, 3.8) is 0 Å². The molecule has 150 valence electrons. The first-order chi connectivity index (χ1) is 13.6. The van der Waals surface area contributed by atoms with Crippen LogP contribution in [0.25, 0.3) is 16.7 Å². The zero-order valence-corrected chi connectivity index (χ0v) is 16.7. The van der Waals surface area contributed by atoms with E-state index in [1.807, 2.05) is 20.8 Å². The largest absolute Gasteiger partial charge is 0.465 e. The summed E-state index contributed by atoms with van der Waals surface area (Å²) >= 11 is 0. The third-order valence-corrected chi connectivity index (χ3v) is 5.06. The van der Waals surface area contributed by atoms with E-state index < -0.39 is 11.9 Å². The molecule has 1 aromatic carbocycles. The fourth-order valence-corrected chi connectivity index (χ4v) is 3.56. The number of carboxylic acid groups (broad SMARTS) is 1. The fraction of sp³-hybridized carbons (Fsp3) is 0.318. The molecule has 1 aromatic heterocycles. The van der Waals surface area contributed by atoms with E-state index in [0.717, 1.165) is 11.1 Å². The number of pyridine rings is 1. The van der Waals surface area contributed by atoms with Crippen molar-refractivity contribution in [1.29, 1.82) is 5.26 Å². The summed E-state index contributed by atoms with van der Waals surface area (Å²) in [4.78, 5) is 16.9. The summed E-state index contributed by atoms with van der Waals surface area (Å²) in [5.41, 5.74) is 9.00. The normalized spacial score (nSPS) is 14.3. The molecule has 1 amide bonds. The zero-order valence-electron chi connectivity index (χ0n) is 16.7. The number of nitrogens with zero attached hydrogens (tertiary/aromatic N) is 3. The number of hydrogen-bond donors (Lipinski definition) is 2. The quantitative estimate of drug-likeness (QED) is 0.735. The van der Waals surface area contributed by atoms with Gasteiger partial charge in [-0.15, -0.1) is 0 Å². The van der Waals surface area contributed by atoms with Crippen LogP contribution in [0.2, 0.25) is 0 Å². The van der Waals surface area contributed by atoms with E-state index in [4.69, 9.17) is 5.73 Å². The second kappa shape index (κ2) is 7.55. The number of nitrogens with two attached hydrogens (primary N) is 1. The Kier molecular flexibility index (Phi) is 5.29. The van der Waals surface area contributed by atoms with E-state index in [2.05, 4.69) is 11.1 Å². The molecule has 6 nitrogen and oxygen atoms in total. The second-order valence-electron chi connectivity index (χ2n) is 8.08. The van der Waals surface area contributed by atoms with E-state index in [1.165, 1.54) is 11.0 Å². The summed E-state index contributed by atoms with van der Waals surface area (Å²) < 4.78 is 15.0. The molecule has 2 heterocycles. The van der Waals surface area contributed by atoms with Crippen molar-refractivity contribution in [2.45, 2.75) is 32.6 Å². The van der Waals surface area contributed by atoms with E-state index in [-0.39, 0.29) is 17.7 Å². The molecular formula is C22H23FN4O2. The van der Waals surface area contributed by atoms with Crippen molar-refractivity contribution in [2.24, 2.45) is 0 Å². The molecule has 0 radical (unpaired) electrons. The molecule has 1 aliphatic rings. The zero-order chi connectivity index (χ0) is 21.3. The van der Waals surface area contributed by atoms with Crippen LogP contribution in [-0.4, -0.2) is 34.2 Å². The Labute approximate surface area is 169 Å². The van der Waals surface area contributed by atoms with Crippen LogP contribution in [0, 0.1) is 17.1 Å². The lowest BCUT2D eigenvalue weighted by atomic mass is 9.78. The molecule has 0 saturated carbocycles. The molecule has 7 heteroatoms. The Bertz CT molecular complexity index is 1050. The molecule has 0 aliphatic carbocycles. The van der Waals surface area contributed by atoms with Gasteiger partial charge in [0, 0.05) is 41.7 Å². The Balaban J connectivity index is 2.32. The van der Waals surface area contributed by atoms with Gasteiger partial charge in [0.1, 0.15) is 17.6 Å². The number of rotatable bonds is 2. The van der Waals surface area contributed by atoms with E-state index in [0.29, 0.717) is 35.3 Å². The van der Waals surface area contributed by atoms with Gasteiger partial charge in [0.25, 0.3) is 0 Å². The van der Waals surface area contributed by atoms with Crippen LogP contribution < -0.4 is 5.73 Å². The monoisotopic (exact) mass is 394 g/mol. The minimum Gasteiger partial charge on any atom is -0.465 e. The number of anilines is 1. The third kappa shape index (κ3) is 3.92. The highest BCUT2D eigenvalue weighted by molar-refractivity contribution is 5.87. The summed E-state index contributed by atoms with van der Waals surface area (Å²) in [5, 5.41) is 18.9. The van der Waals surface area contributed by atoms with Gasteiger partial charge in [-0.05, 0) is 41.2 Å². The number of halogens is 1. The average molecular weight is 394 g/mol. The van der Waals surface area contributed by atoms with Crippen LogP contribution in [0.3, 0.4) is 0 Å². The van der Waals surface area contributed by atoms with Gasteiger partial charge in [0.15, 0.2) is 0 Å². The molecule has 0 fully saturated rings. The topological polar surface area (TPSA) is 103 Å². The fourth-order valence-electron chi connectivity index (χ4n) is 3.56. The smallest absolute Gasteiger partial charge is 0.407 e. The Morgan fingerprint density at radius 1 is 1.34 bits per heavy atom. The van der Waals surface area contributed by atoms with Crippen molar-refractivity contribution < 1.29 is 14.3 Å². The van der Waals surface area contributed by atoms with Gasteiger partial charge in [-0.1, -0.05) is 26.8 Å². The number of hydrogen-bond acceptors (Lipinski definition) is 4. The van der Waals surface area contributed by atoms with Crippen molar-refractivity contribution in [3.8, 4) is 17.2 Å². The molecule has 0 saturated heterocycles. The molecular weight excluding hydrogens is 371 g/mol. The van der Waals surface area contributed by atoms with Gasteiger partial charge in [0.05, 0.1) is 0 Å². The molecule has 2 aromatic rings. The Hall–Kier alpha value is -3.40. The van der Waals surface area contributed by atoms with Crippen LogP contribution >= 0.6 is 0 Å². The number of nitriles is 1. The number of carbonyl (C=O) groups is 1. The van der Waals surface area contributed by atoms with E-state index >= 15 is 0 Å². The Morgan fingerprint density at radius 2 is 2.07 bits per heavy atom. The molecule has 0 spiro atoms. The standard InChI is InChI=1S/C22H23FN4O2/c1-22(2,3)16-12-26-18(11-24)19(13-6-8-27(9-7-13)21(28)29)20(16)15-5-4-14(25)10-17(15)23/h4-6,10,12H,7-9,25H2,1-3H3,(H,28,29). The number of benzene rings is 1. The number of amides is 1. The minimum absolute atomic E-state index is 0.194. The molecule has 0 bridgehead atoms. The predicted octanol–water partition coefficient (Wildman–Crippen LogP) is 4.41. The van der Waals surface area contributed by atoms with Crippen molar-refractivity contribution in [2.75, 3.05) is 18.8 Å². The highest BCUT2D eigenvalue weighted by atomic mass is 19.1. The molecule has 1 aliphatic heterocycles. The number of nitrogen functional groups attached to an aromatic ring is 1. The first-order valence-electron chi connectivity index (χ1n) is 9.29. The number of aromatic nitrogens is 1. The van der Waals surface area contributed by atoms with Crippen LogP contribution in [-0.2, 0) is 5.41 Å². The lowest BCUT2D eigenvalue weighted by molar-refractivity contribution is 0.150. The lowest BCUT2D eigenvalue weighted by Crippen LogP contribution is -2.33. The first kappa shape index (κ1) is 20.3. The van der Waals surface area contributed by atoms with Gasteiger partial charge in [-0.25, -0.2) is 14.2 Å². The first-order valence-corrected chi connectivity index (χ1v) is 9.29. The molecule has 0 atom stereocenters. The summed E-state index contributed by atoms with van der Waals surface area (Å²) in [6.07, 6.45) is 2.83. The highest BCUT2D eigenvalue weighted by Crippen LogP contribution is 2.41. The van der Waals surface area contributed by atoms with Gasteiger partial charge in [0.2, 0.25) is 0 Å². The summed E-state index contributed by atoms with van der Waals surface area (Å²) in [5.74, 6) is -0.476. The highest BCUT2D eigenvalue weighted by Gasteiger charge is 2.29. The van der Waals surface area contributed by atoms with Gasteiger partial charge in [-0.2, -0.15) is 5.26 Å². The lowest BCUT2D eigenvalue weighted by Gasteiger charge is -2.29. The van der Waals surface area contributed by atoms with Crippen LogP contribution in [0.15, 0.2) is 30.5 Å². The molecule has 0 unspecified atom stereocenters. The maximum atomic E-state index is 15.0. The van der Waals surface area contributed by atoms with E-state index in [9.17, 15) is 19.6 Å². The molecule has 3 rings (SSSR count). The van der Waals surface area contributed by atoms with E-state index in [1.54, 1.807) is 24.4 Å². The summed E-state index contributed by atoms with van der Waals surface area (Å²) in [6.45, 7) is 6.51. The van der Waals surface area contributed by atoms with Crippen LogP contribution in [0.4, 0.5) is 14.9 Å². The van der Waals surface area contributed by atoms with Gasteiger partial charge >= 0.3 is 6.09 Å². The second-order valence-corrected chi connectivity index (χ2v) is 8.08. The summed E-state index contributed by atoms with van der Waals surface area (Å²) in [6, 6.07) is 6.63. The summed E-state index contributed by atoms with van der Waals surface area (Å²) in [7, 11) is 0. The van der Waals surface area contributed by atoms with Crippen LogP contribution in [0.5, 0.6) is 0 Å². The Morgan fingerprint density at radius 3 is 2.59 bits per heavy atom. The third-order valence-electron chi connectivity index (χ3n) is 5.06. The van der Waals surface area contributed by atoms with Gasteiger partial charge < -0.3 is 15.7 Å². The average Bonchev–Trinajstić information content (AvgIpc) is 2.66. The van der Waals surface area contributed by atoms with Crippen molar-refractivity contribution >= 4 is 17.4 Å². The maximum absolute atomic E-state index is 15.0. The van der Waals surface area contributed by atoms with Crippen molar-refractivity contribution in [1.82, 2.24) is 9.88 Å².